The summed E-state index contributed by atoms with van der Waals surface area (Å²) in [4.78, 5) is 24.2. The zero-order chi connectivity index (χ0) is 15.2. The van der Waals surface area contributed by atoms with Crippen molar-refractivity contribution in [2.45, 2.75) is 31.3 Å². The Labute approximate surface area is 119 Å². The van der Waals surface area contributed by atoms with Gasteiger partial charge in [-0.1, -0.05) is 0 Å². The normalized spacial score (nSPS) is 29.1. The smallest absolute Gasteiger partial charge is 0.209 e. The summed E-state index contributed by atoms with van der Waals surface area (Å²) >= 11 is 0. The zero-order valence-electron chi connectivity index (χ0n) is 11.3. The fourth-order valence-electron chi connectivity index (χ4n) is 2.62. The maximum absolute atomic E-state index is 12.2. The van der Waals surface area contributed by atoms with Crippen LogP contribution in [0.15, 0.2) is 12.7 Å². The van der Waals surface area contributed by atoms with E-state index in [9.17, 15) is 15.0 Å². The van der Waals surface area contributed by atoms with Gasteiger partial charge in [-0.05, 0) is 6.92 Å². The van der Waals surface area contributed by atoms with E-state index in [1.165, 1.54) is 24.1 Å². The molecule has 3 rings (SSSR count). The molecule has 0 aliphatic carbocycles. The Morgan fingerprint density at radius 2 is 2.33 bits per heavy atom. The Morgan fingerprint density at radius 1 is 1.57 bits per heavy atom. The van der Waals surface area contributed by atoms with Crippen molar-refractivity contribution in [1.29, 1.82) is 0 Å². The third-order valence-electron chi connectivity index (χ3n) is 3.74. The number of aliphatic hydroxyl groups is 2. The molecule has 0 spiro atoms. The lowest BCUT2D eigenvalue weighted by atomic mass is 10.0. The second kappa shape index (κ2) is 4.72. The molecule has 2 aromatic rings. The number of imidazole rings is 1. The minimum atomic E-state index is -1.46. The lowest BCUT2D eigenvalue weighted by Crippen LogP contribution is -2.41. The number of carbonyl (C=O) groups is 1. The Balaban J connectivity index is 2.18. The molecule has 0 amide bonds. The first-order valence-corrected chi connectivity index (χ1v) is 6.41. The summed E-state index contributed by atoms with van der Waals surface area (Å²) in [5, 5.41) is 19.2. The van der Waals surface area contributed by atoms with Gasteiger partial charge >= 0.3 is 0 Å². The average molecular weight is 293 g/mol. The Morgan fingerprint density at radius 3 is 2.95 bits per heavy atom. The summed E-state index contributed by atoms with van der Waals surface area (Å²) in [7, 11) is 0. The van der Waals surface area contributed by atoms with Gasteiger partial charge in [-0.15, -0.1) is 0 Å². The number of anilines is 1. The molecule has 1 aliphatic rings. The molecule has 3 heterocycles. The fraction of sp³-hybridized carbons (Fsp3) is 0.500. The molecule has 0 aromatic carbocycles. The van der Waals surface area contributed by atoms with E-state index in [1.54, 1.807) is 0 Å². The predicted octanol–water partition coefficient (Wildman–Crippen LogP) is -1.21. The Kier molecular flexibility index (Phi) is 3.12. The molecule has 112 valence electrons. The van der Waals surface area contributed by atoms with E-state index >= 15 is 0 Å². The molecule has 1 fully saturated rings. The lowest BCUT2D eigenvalue weighted by Gasteiger charge is -2.27. The van der Waals surface area contributed by atoms with Gasteiger partial charge in [-0.3, -0.25) is 9.36 Å². The van der Waals surface area contributed by atoms with E-state index in [0.29, 0.717) is 11.2 Å². The van der Waals surface area contributed by atoms with Gasteiger partial charge in [0.05, 0.1) is 19.0 Å². The van der Waals surface area contributed by atoms with E-state index in [1.807, 2.05) is 0 Å². The number of nitrogens with zero attached hydrogens (tertiary/aromatic N) is 4. The molecule has 0 radical (unpaired) electrons. The summed E-state index contributed by atoms with van der Waals surface area (Å²) in [5.41, 5.74) is 4.96. The SMILES string of the molecule is CC(=O)[C@]1(n2cnc3c(N)ncnc32)C[C@H](O)[C@@H](CO)O1. The van der Waals surface area contributed by atoms with Crippen LogP contribution >= 0.6 is 0 Å². The number of ketones is 1. The monoisotopic (exact) mass is 293 g/mol. The summed E-state index contributed by atoms with van der Waals surface area (Å²) in [6, 6.07) is 0. The van der Waals surface area contributed by atoms with Crippen LogP contribution < -0.4 is 5.73 Å². The van der Waals surface area contributed by atoms with Crippen LogP contribution in [0.5, 0.6) is 0 Å². The third kappa shape index (κ3) is 1.89. The predicted molar refractivity (Wildman–Crippen MR) is 71.0 cm³/mol. The Bertz CT molecular complexity index is 702. The van der Waals surface area contributed by atoms with Crippen molar-refractivity contribution in [3.05, 3.63) is 12.7 Å². The molecule has 4 N–H and O–H groups in total. The molecule has 0 saturated carbocycles. The summed E-state index contributed by atoms with van der Waals surface area (Å²) in [6.07, 6.45) is 0.839. The summed E-state index contributed by atoms with van der Waals surface area (Å²) < 4.78 is 7.07. The topological polar surface area (TPSA) is 136 Å². The van der Waals surface area contributed by atoms with Gasteiger partial charge in [-0.2, -0.15) is 0 Å². The molecule has 9 heteroatoms. The number of hydrogen-bond acceptors (Lipinski definition) is 8. The third-order valence-corrected chi connectivity index (χ3v) is 3.74. The van der Waals surface area contributed by atoms with Crippen molar-refractivity contribution < 1.29 is 19.7 Å². The van der Waals surface area contributed by atoms with Gasteiger partial charge in [0.25, 0.3) is 0 Å². The second-order valence-corrected chi connectivity index (χ2v) is 5.00. The van der Waals surface area contributed by atoms with E-state index in [4.69, 9.17) is 10.5 Å². The quantitative estimate of drug-likeness (QED) is 0.641. The number of hydrogen-bond donors (Lipinski definition) is 3. The maximum Gasteiger partial charge on any atom is 0.209 e. The van der Waals surface area contributed by atoms with Crippen molar-refractivity contribution in [1.82, 2.24) is 19.5 Å². The first kappa shape index (κ1) is 13.9. The minimum absolute atomic E-state index is 0.00290. The second-order valence-electron chi connectivity index (χ2n) is 5.00. The largest absolute Gasteiger partial charge is 0.394 e. The van der Waals surface area contributed by atoms with Crippen LogP contribution in [-0.2, 0) is 15.3 Å². The van der Waals surface area contributed by atoms with E-state index in [2.05, 4.69) is 15.0 Å². The van der Waals surface area contributed by atoms with Crippen molar-refractivity contribution in [2.75, 3.05) is 12.3 Å². The number of aromatic nitrogens is 4. The van der Waals surface area contributed by atoms with Crippen molar-refractivity contribution in [3.8, 4) is 0 Å². The first-order valence-electron chi connectivity index (χ1n) is 6.41. The molecule has 0 bridgehead atoms. The van der Waals surface area contributed by atoms with E-state index in [-0.39, 0.29) is 24.6 Å². The highest BCUT2D eigenvalue weighted by Gasteiger charge is 2.51. The minimum Gasteiger partial charge on any atom is -0.394 e. The van der Waals surface area contributed by atoms with Crippen LogP contribution in [-0.4, -0.2) is 54.3 Å². The van der Waals surface area contributed by atoms with Gasteiger partial charge in [0.15, 0.2) is 17.2 Å². The van der Waals surface area contributed by atoms with Gasteiger partial charge in [-0.25, -0.2) is 15.0 Å². The van der Waals surface area contributed by atoms with Crippen LogP contribution in [0.4, 0.5) is 5.82 Å². The highest BCUT2D eigenvalue weighted by atomic mass is 16.6. The molecule has 2 aromatic heterocycles. The van der Waals surface area contributed by atoms with E-state index in [0.717, 1.165) is 0 Å². The fourth-order valence-corrected chi connectivity index (χ4v) is 2.62. The maximum atomic E-state index is 12.2. The van der Waals surface area contributed by atoms with Crippen LogP contribution in [0.3, 0.4) is 0 Å². The van der Waals surface area contributed by atoms with Crippen LogP contribution in [0, 0.1) is 0 Å². The van der Waals surface area contributed by atoms with Gasteiger partial charge in [0, 0.05) is 6.42 Å². The number of rotatable bonds is 3. The van der Waals surface area contributed by atoms with Crippen LogP contribution in [0.1, 0.15) is 13.3 Å². The number of carbonyl (C=O) groups excluding carboxylic acids is 1. The highest BCUT2D eigenvalue weighted by Crippen LogP contribution is 2.38. The number of ether oxygens (including phenoxy) is 1. The molecule has 0 unspecified atom stereocenters. The molecular weight excluding hydrogens is 278 g/mol. The molecular formula is C12H15N5O4. The van der Waals surface area contributed by atoms with Crippen molar-refractivity contribution >= 4 is 22.8 Å². The molecule has 9 nitrogen and oxygen atoms in total. The number of Topliss-reactive ketones (excluding diaryl/α,β-unsaturated/α-hetero) is 1. The van der Waals surface area contributed by atoms with Gasteiger partial charge in [0.2, 0.25) is 5.72 Å². The van der Waals surface area contributed by atoms with E-state index < -0.39 is 17.9 Å². The van der Waals surface area contributed by atoms with Crippen LogP contribution in [0.25, 0.3) is 11.2 Å². The average Bonchev–Trinajstić information content (AvgIpc) is 3.01. The lowest BCUT2D eigenvalue weighted by molar-refractivity contribution is -0.158. The van der Waals surface area contributed by atoms with Gasteiger partial charge < -0.3 is 20.7 Å². The first-order chi connectivity index (χ1) is 9.99. The number of fused-ring (bicyclic) bond motifs is 1. The number of aliphatic hydroxyl groups excluding tert-OH is 2. The molecule has 3 atom stereocenters. The number of nitrogen functional groups attached to an aromatic ring is 1. The summed E-state index contributed by atoms with van der Waals surface area (Å²) in [5.74, 6) is -0.135. The van der Waals surface area contributed by atoms with Crippen LogP contribution in [0.2, 0.25) is 0 Å². The Hall–Kier alpha value is -2.10. The molecule has 1 saturated heterocycles. The van der Waals surface area contributed by atoms with Gasteiger partial charge in [0.1, 0.15) is 17.9 Å². The standard InChI is InChI=1S/C12H15N5O4/c1-6(19)12(2-7(20)8(3-18)21-12)17-5-16-9-10(13)14-4-15-11(9)17/h4-5,7-8,18,20H,2-3H2,1H3,(H2,13,14,15)/t7-,8+,12-/m0/s1. The highest BCUT2D eigenvalue weighted by molar-refractivity contribution is 5.87. The molecule has 1 aliphatic heterocycles. The zero-order valence-corrected chi connectivity index (χ0v) is 11.3. The number of nitrogens with two attached hydrogens (primary N) is 1. The van der Waals surface area contributed by atoms with Crippen molar-refractivity contribution in [3.63, 3.8) is 0 Å². The van der Waals surface area contributed by atoms with Crippen molar-refractivity contribution in [2.24, 2.45) is 0 Å². The summed E-state index contributed by atoms with van der Waals surface area (Å²) in [6.45, 7) is 0.961. The molecule has 21 heavy (non-hydrogen) atoms.